The lowest BCUT2D eigenvalue weighted by Gasteiger charge is -2.11. The third-order valence-corrected chi connectivity index (χ3v) is 4.60. The zero-order valence-electron chi connectivity index (χ0n) is 13.3. The molecule has 0 aliphatic carbocycles. The molecular weight excluding hydrogens is 369 g/mol. The van der Waals surface area contributed by atoms with Gasteiger partial charge >= 0.3 is 0 Å². The van der Waals surface area contributed by atoms with Crippen LogP contribution in [0.5, 0.6) is 0 Å². The van der Waals surface area contributed by atoms with E-state index in [2.05, 4.69) is 20.4 Å². The number of fused-ring (bicyclic) bond motifs is 1. The van der Waals surface area contributed by atoms with Crippen molar-refractivity contribution in [3.05, 3.63) is 44.7 Å². The molecule has 0 saturated carbocycles. The second kappa shape index (κ2) is 6.85. The van der Waals surface area contributed by atoms with Crippen molar-refractivity contribution < 1.29 is 9.18 Å². The van der Waals surface area contributed by atoms with E-state index in [9.17, 15) is 14.0 Å². The van der Waals surface area contributed by atoms with Crippen LogP contribution in [0.1, 0.15) is 25.5 Å². The molecule has 3 rings (SSSR count). The predicted molar refractivity (Wildman–Crippen MR) is 93.6 cm³/mol. The van der Waals surface area contributed by atoms with Crippen molar-refractivity contribution in [3.8, 4) is 0 Å². The highest BCUT2D eigenvalue weighted by atomic mass is 35.5. The number of nitrogens with zero attached hydrogens (tertiary/aromatic N) is 4. The van der Waals surface area contributed by atoms with Crippen LogP contribution in [-0.2, 0) is 11.3 Å². The molecule has 0 spiro atoms. The Bertz CT molecular complexity index is 1000. The summed E-state index contributed by atoms with van der Waals surface area (Å²) in [7, 11) is 0. The fourth-order valence-corrected chi connectivity index (χ4v) is 3.45. The Balaban J connectivity index is 1.92. The molecule has 0 aromatic carbocycles. The van der Waals surface area contributed by atoms with Crippen LogP contribution < -0.4 is 10.9 Å². The number of carbonyl (C=O) groups is 1. The molecule has 0 bridgehead atoms. The van der Waals surface area contributed by atoms with Gasteiger partial charge in [-0.05, 0) is 12.0 Å². The van der Waals surface area contributed by atoms with Gasteiger partial charge in [0.1, 0.15) is 11.2 Å². The van der Waals surface area contributed by atoms with Gasteiger partial charge in [-0.3, -0.25) is 14.9 Å². The fraction of sp³-hybridized carbons (Fsp3) is 0.267. The molecule has 3 heterocycles. The van der Waals surface area contributed by atoms with Crippen molar-refractivity contribution in [2.24, 2.45) is 0 Å². The summed E-state index contributed by atoms with van der Waals surface area (Å²) in [5, 5.41) is 7.40. The number of halogens is 2. The Kier molecular flexibility index (Phi) is 4.78. The summed E-state index contributed by atoms with van der Waals surface area (Å²) in [5.74, 6) is -1.16. The number of nitrogens with one attached hydrogen (secondary N) is 1. The molecule has 1 amide bonds. The van der Waals surface area contributed by atoms with Gasteiger partial charge in [0.2, 0.25) is 11.9 Å². The average molecular weight is 382 g/mol. The number of aromatic nitrogens is 4. The second-order valence-corrected chi connectivity index (χ2v) is 7.25. The Morgan fingerprint density at radius 1 is 1.40 bits per heavy atom. The van der Waals surface area contributed by atoms with Crippen LogP contribution in [0.15, 0.2) is 23.3 Å². The lowest BCUT2D eigenvalue weighted by atomic mass is 10.1. The zero-order chi connectivity index (χ0) is 18.1. The molecule has 130 valence electrons. The summed E-state index contributed by atoms with van der Waals surface area (Å²) in [6, 6.07) is 1.71. The summed E-state index contributed by atoms with van der Waals surface area (Å²) in [6.45, 7) is 3.56. The van der Waals surface area contributed by atoms with Crippen molar-refractivity contribution in [2.75, 3.05) is 5.32 Å². The minimum absolute atomic E-state index is 0.0449. The van der Waals surface area contributed by atoms with E-state index in [1.807, 2.05) is 13.8 Å². The molecule has 3 aromatic rings. The maximum absolute atomic E-state index is 12.8. The standard InChI is InChI=1S/C15H13ClFN5O2S/c1-7(2)12-9-3-10(16)25-13(9)14(24)22(21-12)6-11(23)20-15-18-4-8(17)5-19-15/h3-5,7H,6H2,1-2H3,(H,18,19,20,23). The fourth-order valence-electron chi connectivity index (χ4n) is 2.27. The van der Waals surface area contributed by atoms with E-state index in [0.717, 1.165) is 28.4 Å². The quantitative estimate of drug-likeness (QED) is 0.750. The molecule has 10 heteroatoms. The van der Waals surface area contributed by atoms with Crippen LogP contribution in [0.2, 0.25) is 4.34 Å². The van der Waals surface area contributed by atoms with Crippen LogP contribution in [-0.4, -0.2) is 25.7 Å². The highest BCUT2D eigenvalue weighted by Gasteiger charge is 2.18. The average Bonchev–Trinajstić information content (AvgIpc) is 2.94. The van der Waals surface area contributed by atoms with Crippen LogP contribution in [0.4, 0.5) is 10.3 Å². The van der Waals surface area contributed by atoms with E-state index in [4.69, 9.17) is 11.6 Å². The van der Waals surface area contributed by atoms with Gasteiger partial charge < -0.3 is 0 Å². The third kappa shape index (κ3) is 3.67. The molecule has 3 aromatic heterocycles. The smallest absolute Gasteiger partial charge is 0.285 e. The predicted octanol–water partition coefficient (Wildman–Crippen LogP) is 2.80. The first kappa shape index (κ1) is 17.4. The van der Waals surface area contributed by atoms with Crippen molar-refractivity contribution in [1.29, 1.82) is 0 Å². The van der Waals surface area contributed by atoms with Gasteiger partial charge in [0.25, 0.3) is 5.56 Å². The van der Waals surface area contributed by atoms with Crippen LogP contribution in [0.3, 0.4) is 0 Å². The molecule has 0 fully saturated rings. The van der Waals surface area contributed by atoms with Crippen LogP contribution >= 0.6 is 22.9 Å². The van der Waals surface area contributed by atoms with E-state index >= 15 is 0 Å². The maximum Gasteiger partial charge on any atom is 0.285 e. The molecule has 25 heavy (non-hydrogen) atoms. The maximum atomic E-state index is 12.8. The third-order valence-electron chi connectivity index (χ3n) is 3.35. The SMILES string of the molecule is CC(C)c1nn(CC(=O)Nc2ncc(F)cn2)c(=O)c2sc(Cl)cc12. The Labute approximate surface area is 150 Å². The summed E-state index contributed by atoms with van der Waals surface area (Å²) in [4.78, 5) is 32.0. The van der Waals surface area contributed by atoms with Crippen molar-refractivity contribution in [3.63, 3.8) is 0 Å². The number of rotatable bonds is 4. The van der Waals surface area contributed by atoms with Gasteiger partial charge in [0, 0.05) is 5.39 Å². The molecule has 0 unspecified atom stereocenters. The first-order valence-corrected chi connectivity index (χ1v) is 8.52. The zero-order valence-corrected chi connectivity index (χ0v) is 14.9. The van der Waals surface area contributed by atoms with Crippen molar-refractivity contribution in [2.45, 2.75) is 26.3 Å². The highest BCUT2D eigenvalue weighted by Crippen LogP contribution is 2.31. The molecule has 0 radical (unpaired) electrons. The molecular formula is C15H13ClFN5O2S. The Hall–Kier alpha value is -2.39. The lowest BCUT2D eigenvalue weighted by Crippen LogP contribution is -2.30. The van der Waals surface area contributed by atoms with Crippen molar-refractivity contribution in [1.82, 2.24) is 19.7 Å². The second-order valence-electron chi connectivity index (χ2n) is 5.57. The van der Waals surface area contributed by atoms with Gasteiger partial charge in [-0.2, -0.15) is 5.10 Å². The largest absolute Gasteiger partial charge is 0.293 e. The first-order chi connectivity index (χ1) is 11.8. The van der Waals surface area contributed by atoms with E-state index in [1.54, 1.807) is 6.07 Å². The van der Waals surface area contributed by atoms with E-state index in [1.165, 1.54) is 0 Å². The summed E-state index contributed by atoms with van der Waals surface area (Å²) in [6.07, 6.45) is 1.87. The molecule has 0 aliphatic rings. The summed E-state index contributed by atoms with van der Waals surface area (Å²) < 4.78 is 14.8. The molecule has 0 saturated heterocycles. The van der Waals surface area contributed by atoms with Crippen LogP contribution in [0, 0.1) is 5.82 Å². The molecule has 1 N–H and O–H groups in total. The summed E-state index contributed by atoms with van der Waals surface area (Å²) >= 11 is 7.18. The van der Waals surface area contributed by atoms with Crippen LogP contribution in [0.25, 0.3) is 10.1 Å². The molecule has 0 atom stereocenters. The number of hydrogen-bond donors (Lipinski definition) is 1. The van der Waals surface area contributed by atoms with Gasteiger partial charge in [0.15, 0.2) is 5.82 Å². The minimum Gasteiger partial charge on any atom is -0.293 e. The van der Waals surface area contributed by atoms with E-state index in [0.29, 0.717) is 20.1 Å². The van der Waals surface area contributed by atoms with Crippen molar-refractivity contribution >= 4 is 44.9 Å². The lowest BCUT2D eigenvalue weighted by molar-refractivity contribution is -0.117. The molecule has 7 nitrogen and oxygen atoms in total. The number of anilines is 1. The highest BCUT2D eigenvalue weighted by molar-refractivity contribution is 7.22. The number of amides is 1. The Morgan fingerprint density at radius 3 is 2.72 bits per heavy atom. The Morgan fingerprint density at radius 2 is 2.08 bits per heavy atom. The monoisotopic (exact) mass is 381 g/mol. The first-order valence-electron chi connectivity index (χ1n) is 7.32. The number of hydrogen-bond acceptors (Lipinski definition) is 6. The normalized spacial score (nSPS) is 11.2. The van der Waals surface area contributed by atoms with E-state index < -0.39 is 17.3 Å². The van der Waals surface area contributed by atoms with Gasteiger partial charge in [-0.15, -0.1) is 11.3 Å². The summed E-state index contributed by atoms with van der Waals surface area (Å²) in [5.41, 5.74) is 0.287. The van der Waals surface area contributed by atoms with Gasteiger partial charge in [-0.1, -0.05) is 25.4 Å². The van der Waals surface area contributed by atoms with Gasteiger partial charge in [-0.25, -0.2) is 19.0 Å². The number of thiophene rings is 1. The van der Waals surface area contributed by atoms with E-state index in [-0.39, 0.29) is 18.4 Å². The minimum atomic E-state index is -0.613. The van der Waals surface area contributed by atoms with Gasteiger partial charge in [0.05, 0.1) is 22.4 Å². The molecule has 0 aliphatic heterocycles. The topological polar surface area (TPSA) is 89.8 Å². The number of carbonyl (C=O) groups excluding carboxylic acids is 1.